The number of hydrogen-bond donors (Lipinski definition) is 3. The molecule has 3 aromatic carbocycles. The van der Waals surface area contributed by atoms with Crippen molar-refractivity contribution in [2.24, 2.45) is 23.2 Å². The second-order valence-corrected chi connectivity index (χ2v) is 15.7. The summed E-state index contributed by atoms with van der Waals surface area (Å²) in [5.41, 5.74) is 2.06. The van der Waals surface area contributed by atoms with Crippen LogP contribution in [-0.4, -0.2) is 65.0 Å². The van der Waals surface area contributed by atoms with Crippen molar-refractivity contribution < 1.29 is 23.7 Å². The van der Waals surface area contributed by atoms with Crippen molar-refractivity contribution in [3.63, 3.8) is 0 Å². The highest BCUT2D eigenvalue weighted by atomic mass is 16.7. The number of aromatic nitrogens is 2. The number of amides is 3. The molecule has 8 rings (SSSR count). The molecule has 0 spiro atoms. The Balaban J connectivity index is 1.14. The second kappa shape index (κ2) is 15.2. The van der Waals surface area contributed by atoms with E-state index in [9.17, 15) is 14.4 Å². The predicted molar refractivity (Wildman–Crippen MR) is 200 cm³/mol. The smallest absolute Gasteiger partial charge is 0.404 e. The molecule has 7 atom stereocenters. The topological polar surface area (TPSA) is 132 Å². The van der Waals surface area contributed by atoms with Crippen LogP contribution in [0.15, 0.2) is 91.4 Å². The Morgan fingerprint density at radius 1 is 0.827 bits per heavy atom. The first-order valence-electron chi connectivity index (χ1n) is 18.5. The highest BCUT2D eigenvalue weighted by Crippen LogP contribution is 2.61. The van der Waals surface area contributed by atoms with Gasteiger partial charge in [0, 0.05) is 25.2 Å². The third-order valence-corrected chi connectivity index (χ3v) is 11.4. The van der Waals surface area contributed by atoms with Gasteiger partial charge in [0.15, 0.2) is 0 Å². The summed E-state index contributed by atoms with van der Waals surface area (Å²) >= 11 is 0. The van der Waals surface area contributed by atoms with Crippen molar-refractivity contribution in [2.45, 2.75) is 90.0 Å². The van der Waals surface area contributed by atoms with Gasteiger partial charge in [0.2, 0.25) is 11.8 Å². The molecule has 3 saturated carbocycles. The maximum atomic E-state index is 14.5. The molecule has 1 saturated heterocycles. The summed E-state index contributed by atoms with van der Waals surface area (Å²) in [4.78, 5) is 50.1. The quantitative estimate of drug-likeness (QED) is 0.165. The van der Waals surface area contributed by atoms with E-state index in [0.717, 1.165) is 34.7 Å². The van der Waals surface area contributed by atoms with E-state index in [1.165, 1.54) is 18.6 Å². The number of nitrogens with one attached hydrogen (secondary N) is 3. The van der Waals surface area contributed by atoms with E-state index in [1.54, 1.807) is 0 Å². The lowest BCUT2D eigenvalue weighted by Crippen LogP contribution is -2.59. The van der Waals surface area contributed by atoms with Crippen LogP contribution in [0, 0.1) is 23.2 Å². The molecule has 3 amide bonds. The molecule has 0 radical (unpaired) electrons. The molecular weight excluding hydrogens is 653 g/mol. The average Bonchev–Trinajstić information content (AvgIpc) is 3.59. The van der Waals surface area contributed by atoms with E-state index in [0.29, 0.717) is 18.3 Å². The highest BCUT2D eigenvalue weighted by molar-refractivity contribution is 6.47. The summed E-state index contributed by atoms with van der Waals surface area (Å²) in [7, 11) is -0.578. The van der Waals surface area contributed by atoms with Crippen LogP contribution in [0.3, 0.4) is 0 Å². The van der Waals surface area contributed by atoms with Gasteiger partial charge in [0.1, 0.15) is 17.8 Å². The number of carbonyl (C=O) groups excluding carboxylic acids is 3. The van der Waals surface area contributed by atoms with Gasteiger partial charge in [-0.15, -0.1) is 0 Å². The minimum atomic E-state index is -0.991. The Hall–Kier alpha value is -4.61. The third kappa shape index (κ3) is 7.76. The summed E-state index contributed by atoms with van der Waals surface area (Å²) < 4.78 is 13.2. The first kappa shape index (κ1) is 35.8. The van der Waals surface area contributed by atoms with Gasteiger partial charge in [-0.1, -0.05) is 100 Å². The monoisotopic (exact) mass is 701 g/mol. The Morgan fingerprint density at radius 3 is 2.27 bits per heavy atom. The second-order valence-electron chi connectivity index (χ2n) is 15.7. The molecule has 1 aliphatic heterocycles. The molecule has 2 bridgehead atoms. The number of carbonyl (C=O) groups is 3. The number of rotatable bonds is 13. The molecule has 4 fully saturated rings. The predicted octanol–water partition coefficient (Wildman–Crippen LogP) is 5.11. The van der Waals surface area contributed by atoms with Crippen molar-refractivity contribution in [1.29, 1.82) is 0 Å². The van der Waals surface area contributed by atoms with E-state index in [-0.39, 0.29) is 48.0 Å². The van der Waals surface area contributed by atoms with Crippen LogP contribution in [0.1, 0.15) is 68.6 Å². The van der Waals surface area contributed by atoms with E-state index in [2.05, 4.69) is 53.6 Å². The largest absolute Gasteiger partial charge is 0.481 e. The first-order valence-corrected chi connectivity index (χ1v) is 18.5. The summed E-state index contributed by atoms with van der Waals surface area (Å²) in [6, 6.07) is 21.6. The van der Waals surface area contributed by atoms with Gasteiger partial charge in [-0.3, -0.25) is 19.4 Å². The fourth-order valence-corrected chi connectivity index (χ4v) is 8.37. The van der Waals surface area contributed by atoms with Gasteiger partial charge in [-0.25, -0.2) is 4.98 Å². The molecule has 10 nitrogen and oxygen atoms in total. The maximum Gasteiger partial charge on any atom is 0.481 e. The SMILES string of the molecule is CC(C)C[C@@H](NC(=O)[C@H](Cc1ccc2ccccc2c1)NC(=O)[C@H](Cc1ccccc1)NC(=O)c1cnccn1)B1O[C@@H]2[C@@H](C[C@H]3C[C@@H]2C3(C)C)O1. The Kier molecular flexibility index (Phi) is 10.4. The van der Waals surface area contributed by atoms with Crippen molar-refractivity contribution in [3.05, 3.63) is 108 Å². The average molecular weight is 702 g/mol. The standard InChI is InChI=1S/C41H48BN5O5/c1-25(2)18-36(42-51-35-23-30-22-31(37(35)52-42)41(30,3)4)47-39(49)33(21-27-14-15-28-12-8-9-13-29(28)19-27)45-38(48)32(20-26-10-6-5-7-11-26)46-40(50)34-24-43-16-17-44-34/h5-17,19,24-25,30-33,35-37H,18,20-23H2,1-4H3,(H,45,48)(H,46,50)(H,47,49)/t30-,31+,32+,33+,35-,36-,37+/m1/s1. The van der Waals surface area contributed by atoms with Crippen LogP contribution in [0.4, 0.5) is 0 Å². The minimum absolute atomic E-state index is 0.0151. The van der Waals surface area contributed by atoms with Gasteiger partial charge < -0.3 is 25.3 Å². The molecule has 52 heavy (non-hydrogen) atoms. The zero-order valence-corrected chi connectivity index (χ0v) is 30.3. The van der Waals surface area contributed by atoms with Crippen molar-refractivity contribution >= 4 is 35.6 Å². The summed E-state index contributed by atoms with van der Waals surface area (Å²) in [5, 5.41) is 11.3. The molecule has 3 N–H and O–H groups in total. The molecule has 4 aliphatic rings. The van der Waals surface area contributed by atoms with Gasteiger partial charge in [0.25, 0.3) is 5.91 Å². The Morgan fingerprint density at radius 2 is 1.54 bits per heavy atom. The lowest BCUT2D eigenvalue weighted by atomic mass is 9.47. The summed E-state index contributed by atoms with van der Waals surface area (Å²) in [5.74, 6) is -0.443. The van der Waals surface area contributed by atoms with Crippen LogP contribution in [0.25, 0.3) is 10.8 Å². The fourth-order valence-electron chi connectivity index (χ4n) is 8.37. The van der Waals surface area contributed by atoms with Crippen molar-refractivity contribution in [2.75, 3.05) is 0 Å². The summed E-state index contributed by atoms with van der Waals surface area (Å²) in [6.07, 6.45) is 7.52. The van der Waals surface area contributed by atoms with Gasteiger partial charge in [-0.2, -0.15) is 0 Å². The molecule has 4 aromatic rings. The Bertz CT molecular complexity index is 1890. The van der Waals surface area contributed by atoms with Crippen LogP contribution in [0.5, 0.6) is 0 Å². The molecule has 270 valence electrons. The van der Waals surface area contributed by atoms with Gasteiger partial charge in [0.05, 0.1) is 24.3 Å². The van der Waals surface area contributed by atoms with Gasteiger partial charge in [-0.05, 0) is 64.3 Å². The zero-order valence-electron chi connectivity index (χ0n) is 30.3. The molecule has 11 heteroatoms. The number of fused-ring (bicyclic) bond motifs is 1. The lowest BCUT2D eigenvalue weighted by Gasteiger charge is -2.60. The normalized spacial score (nSPS) is 23.2. The van der Waals surface area contributed by atoms with Crippen molar-refractivity contribution in [3.8, 4) is 0 Å². The summed E-state index contributed by atoms with van der Waals surface area (Å²) in [6.45, 7) is 8.88. The fraction of sp³-hybridized carbons (Fsp3) is 0.439. The van der Waals surface area contributed by atoms with E-state index in [1.807, 2.05) is 72.8 Å². The zero-order chi connectivity index (χ0) is 36.4. The van der Waals surface area contributed by atoms with E-state index >= 15 is 0 Å². The van der Waals surface area contributed by atoms with Crippen molar-refractivity contribution in [1.82, 2.24) is 25.9 Å². The third-order valence-electron chi connectivity index (χ3n) is 11.4. The van der Waals surface area contributed by atoms with Crippen LogP contribution >= 0.6 is 0 Å². The lowest BCUT2D eigenvalue weighted by molar-refractivity contribution is -0.150. The van der Waals surface area contributed by atoms with Crippen LogP contribution in [-0.2, 0) is 31.7 Å². The molecule has 0 unspecified atom stereocenters. The minimum Gasteiger partial charge on any atom is -0.404 e. The molecule has 2 heterocycles. The van der Waals surface area contributed by atoms with Gasteiger partial charge >= 0.3 is 7.12 Å². The maximum absolute atomic E-state index is 14.5. The van der Waals surface area contributed by atoms with Crippen LogP contribution in [0.2, 0.25) is 0 Å². The highest BCUT2D eigenvalue weighted by Gasteiger charge is 2.62. The van der Waals surface area contributed by atoms with Crippen LogP contribution < -0.4 is 16.0 Å². The van der Waals surface area contributed by atoms with E-state index in [4.69, 9.17) is 9.31 Å². The Labute approximate surface area is 306 Å². The number of nitrogens with zero attached hydrogens (tertiary/aromatic N) is 2. The molecule has 3 aliphatic carbocycles. The number of hydrogen-bond acceptors (Lipinski definition) is 7. The first-order chi connectivity index (χ1) is 25.0. The number of benzene rings is 3. The molecular formula is C41H48BN5O5. The van der Waals surface area contributed by atoms with E-state index < -0.39 is 37.0 Å². The molecule has 1 aromatic heterocycles.